The number of amides is 2. The zero-order chi connectivity index (χ0) is 21.3. The van der Waals surface area contributed by atoms with E-state index in [0.717, 1.165) is 30.2 Å². The van der Waals surface area contributed by atoms with Gasteiger partial charge < -0.3 is 4.90 Å². The molecular weight excluding hydrogens is 401 g/mol. The highest BCUT2D eigenvalue weighted by Crippen LogP contribution is 2.34. The van der Waals surface area contributed by atoms with E-state index in [0.29, 0.717) is 18.3 Å². The first-order valence-corrected chi connectivity index (χ1v) is 9.38. The number of hydrogen-bond donors (Lipinski definition) is 0. The van der Waals surface area contributed by atoms with Gasteiger partial charge in [0.15, 0.2) is 5.82 Å². The Morgan fingerprint density at radius 2 is 2.00 bits per heavy atom. The van der Waals surface area contributed by atoms with Gasteiger partial charge in [-0.15, -0.1) is 0 Å². The summed E-state index contributed by atoms with van der Waals surface area (Å²) in [5, 5.41) is 4.15. The van der Waals surface area contributed by atoms with E-state index in [1.54, 1.807) is 25.4 Å². The van der Waals surface area contributed by atoms with Gasteiger partial charge in [-0.3, -0.25) is 9.89 Å². The van der Waals surface area contributed by atoms with Crippen LogP contribution in [0.1, 0.15) is 31.6 Å². The molecule has 158 valence electrons. The maximum atomic E-state index is 13.2. The summed E-state index contributed by atoms with van der Waals surface area (Å²) in [6, 6.07) is 0.517. The highest BCUT2D eigenvalue weighted by Gasteiger charge is 2.38. The minimum atomic E-state index is -4.58. The Bertz CT molecular complexity index is 967. The summed E-state index contributed by atoms with van der Waals surface area (Å²) >= 11 is 0. The summed E-state index contributed by atoms with van der Waals surface area (Å²) in [4.78, 5) is 31.9. The van der Waals surface area contributed by atoms with Crippen molar-refractivity contribution in [3.05, 3.63) is 42.4 Å². The third-order valence-corrected chi connectivity index (χ3v) is 4.89. The average Bonchev–Trinajstić information content (AvgIpc) is 3.43. The van der Waals surface area contributed by atoms with Crippen molar-refractivity contribution in [2.24, 2.45) is 10.9 Å². The van der Waals surface area contributed by atoms with Crippen molar-refractivity contribution in [1.82, 2.24) is 34.5 Å². The third kappa shape index (κ3) is 4.16. The Hall–Kier alpha value is -3.31. The predicted octanol–water partition coefficient (Wildman–Crippen LogP) is 2.74. The minimum Gasteiger partial charge on any atom is -0.314 e. The summed E-state index contributed by atoms with van der Waals surface area (Å²) in [7, 11) is 0. The van der Waals surface area contributed by atoms with Crippen LogP contribution in [0.3, 0.4) is 0 Å². The van der Waals surface area contributed by atoms with Gasteiger partial charge in [0.2, 0.25) is 0 Å². The standard InChI is InChI=1S/C18H19F3N8O/c1-12(15-25-10-26-29(15)16-23-5-2-6-24-16)28(8-13-3-4-13)17(30)27-9-14(7-22-11-27)18(19,20)21/h2,5-7,9-10,12-13H,3-4,8,11H2,1H3/t12-/m0/s1. The summed E-state index contributed by atoms with van der Waals surface area (Å²) in [6.07, 6.45) is 3.32. The fourth-order valence-electron chi connectivity index (χ4n) is 3.11. The molecule has 12 heteroatoms. The van der Waals surface area contributed by atoms with Crippen molar-refractivity contribution in [3.63, 3.8) is 0 Å². The molecule has 1 aliphatic carbocycles. The first-order valence-electron chi connectivity index (χ1n) is 9.38. The number of aromatic nitrogens is 5. The molecule has 2 aromatic rings. The summed E-state index contributed by atoms with van der Waals surface area (Å²) in [5.74, 6) is 1.01. The zero-order valence-electron chi connectivity index (χ0n) is 16.1. The summed E-state index contributed by atoms with van der Waals surface area (Å²) < 4.78 is 40.6. The van der Waals surface area contributed by atoms with Crippen LogP contribution in [0.25, 0.3) is 5.95 Å². The van der Waals surface area contributed by atoms with Gasteiger partial charge in [-0.2, -0.15) is 23.0 Å². The van der Waals surface area contributed by atoms with E-state index < -0.39 is 23.8 Å². The molecule has 0 unspecified atom stereocenters. The second kappa shape index (κ2) is 7.84. The number of carbonyl (C=O) groups excluding carboxylic acids is 1. The molecule has 0 aromatic carbocycles. The van der Waals surface area contributed by atoms with Gasteiger partial charge >= 0.3 is 12.2 Å². The molecule has 0 bridgehead atoms. The van der Waals surface area contributed by atoms with Crippen molar-refractivity contribution in [2.45, 2.75) is 32.0 Å². The maximum absolute atomic E-state index is 13.2. The molecule has 0 radical (unpaired) electrons. The molecule has 2 aromatic heterocycles. The Labute approximate surface area is 170 Å². The van der Waals surface area contributed by atoms with Gasteiger partial charge in [0.25, 0.3) is 5.95 Å². The van der Waals surface area contributed by atoms with Crippen molar-refractivity contribution in [2.75, 3.05) is 13.2 Å². The lowest BCUT2D eigenvalue weighted by atomic mass is 10.2. The lowest BCUT2D eigenvalue weighted by molar-refractivity contribution is -0.0867. The molecule has 2 amide bonds. The van der Waals surface area contributed by atoms with Crippen molar-refractivity contribution in [3.8, 4) is 5.95 Å². The number of urea groups is 1. The van der Waals surface area contributed by atoms with Gasteiger partial charge in [0.1, 0.15) is 13.0 Å². The van der Waals surface area contributed by atoms with E-state index in [9.17, 15) is 18.0 Å². The van der Waals surface area contributed by atoms with E-state index in [-0.39, 0.29) is 12.6 Å². The maximum Gasteiger partial charge on any atom is 0.419 e. The monoisotopic (exact) mass is 420 g/mol. The van der Waals surface area contributed by atoms with Crippen LogP contribution in [-0.4, -0.2) is 66.2 Å². The molecule has 0 saturated heterocycles. The Morgan fingerprint density at radius 3 is 2.67 bits per heavy atom. The second-order valence-electron chi connectivity index (χ2n) is 7.14. The van der Waals surface area contributed by atoms with Crippen LogP contribution in [0.4, 0.5) is 18.0 Å². The molecular formula is C18H19F3N8O. The molecule has 4 rings (SSSR count). The second-order valence-corrected chi connectivity index (χ2v) is 7.14. The number of alkyl halides is 3. The number of carbonyl (C=O) groups is 1. The van der Waals surface area contributed by atoms with Crippen molar-refractivity contribution < 1.29 is 18.0 Å². The number of nitrogens with zero attached hydrogens (tertiary/aromatic N) is 8. The summed E-state index contributed by atoms with van der Waals surface area (Å²) in [5.41, 5.74) is -0.970. The highest BCUT2D eigenvalue weighted by atomic mass is 19.4. The number of allylic oxidation sites excluding steroid dienone is 1. The third-order valence-electron chi connectivity index (χ3n) is 4.89. The van der Waals surface area contributed by atoms with Crippen LogP contribution < -0.4 is 0 Å². The van der Waals surface area contributed by atoms with Gasteiger partial charge in [0.05, 0.1) is 11.6 Å². The Morgan fingerprint density at radius 1 is 1.27 bits per heavy atom. The first kappa shape index (κ1) is 20.0. The number of rotatable bonds is 5. The lowest BCUT2D eigenvalue weighted by Crippen LogP contribution is -2.45. The lowest BCUT2D eigenvalue weighted by Gasteiger charge is -2.33. The normalized spacial score (nSPS) is 17.6. The minimum absolute atomic E-state index is 0.180. The molecule has 1 fully saturated rings. The SMILES string of the molecule is C[C@@H](c1ncnn1-c1ncccn1)N(CC1CC1)C(=O)N1C=C(C(F)(F)F)C=NC1. The Balaban J connectivity index is 1.62. The van der Waals surface area contributed by atoms with E-state index in [2.05, 4.69) is 25.0 Å². The molecule has 0 spiro atoms. The smallest absolute Gasteiger partial charge is 0.314 e. The summed E-state index contributed by atoms with van der Waals surface area (Å²) in [6.45, 7) is 1.98. The van der Waals surface area contributed by atoms with Gasteiger partial charge in [-0.05, 0) is 31.7 Å². The molecule has 30 heavy (non-hydrogen) atoms. The molecule has 0 N–H and O–H groups in total. The molecule has 9 nitrogen and oxygen atoms in total. The van der Waals surface area contributed by atoms with Crippen LogP contribution in [0.2, 0.25) is 0 Å². The fourth-order valence-corrected chi connectivity index (χ4v) is 3.11. The average molecular weight is 420 g/mol. The molecule has 1 saturated carbocycles. The number of hydrogen-bond acceptors (Lipinski definition) is 6. The van der Waals surface area contributed by atoms with Gasteiger partial charge in [0, 0.05) is 31.4 Å². The highest BCUT2D eigenvalue weighted by molar-refractivity contribution is 5.84. The van der Waals surface area contributed by atoms with Crippen LogP contribution >= 0.6 is 0 Å². The van der Waals surface area contributed by atoms with Gasteiger partial charge in [-0.25, -0.2) is 19.7 Å². The molecule has 1 aliphatic heterocycles. The first-order chi connectivity index (χ1) is 14.3. The van der Waals surface area contributed by atoms with Crippen molar-refractivity contribution in [1.29, 1.82) is 0 Å². The van der Waals surface area contributed by atoms with E-state index in [4.69, 9.17) is 0 Å². The van der Waals surface area contributed by atoms with Crippen LogP contribution in [-0.2, 0) is 0 Å². The fraction of sp³-hybridized carbons (Fsp3) is 0.444. The Kier molecular flexibility index (Phi) is 5.22. The molecule has 1 atom stereocenters. The molecule has 3 heterocycles. The number of halogens is 3. The quantitative estimate of drug-likeness (QED) is 0.742. The number of aliphatic imine (C=N–C) groups is 1. The van der Waals surface area contributed by atoms with Crippen LogP contribution in [0.5, 0.6) is 0 Å². The largest absolute Gasteiger partial charge is 0.419 e. The van der Waals surface area contributed by atoms with E-state index in [1.165, 1.54) is 15.9 Å². The van der Waals surface area contributed by atoms with Crippen LogP contribution in [0, 0.1) is 5.92 Å². The van der Waals surface area contributed by atoms with Gasteiger partial charge in [-0.1, -0.05) is 0 Å². The van der Waals surface area contributed by atoms with Crippen molar-refractivity contribution >= 4 is 12.2 Å². The predicted molar refractivity (Wildman–Crippen MR) is 99.5 cm³/mol. The molecule has 2 aliphatic rings. The topological polar surface area (TPSA) is 92.4 Å². The zero-order valence-corrected chi connectivity index (χ0v) is 16.1. The van der Waals surface area contributed by atoms with E-state index >= 15 is 0 Å². The van der Waals surface area contributed by atoms with Crippen LogP contribution in [0.15, 0.2) is 41.6 Å². The van der Waals surface area contributed by atoms with E-state index in [1.807, 2.05) is 0 Å².